The molecule has 0 unspecified atom stereocenters. The van der Waals surface area contributed by atoms with Crippen LogP contribution in [-0.4, -0.2) is 79.0 Å². The summed E-state index contributed by atoms with van der Waals surface area (Å²) in [7, 11) is 0. The van der Waals surface area contributed by atoms with Crippen LogP contribution in [0.15, 0.2) is 42.5 Å². The van der Waals surface area contributed by atoms with Gasteiger partial charge in [-0.25, -0.2) is 0 Å². The second-order valence-corrected chi connectivity index (χ2v) is 8.60. The van der Waals surface area contributed by atoms with Crippen molar-refractivity contribution < 1.29 is 14.3 Å². The molecule has 0 aromatic heterocycles. The molecule has 2 fully saturated rings. The monoisotopic (exact) mass is 423 g/mol. The summed E-state index contributed by atoms with van der Waals surface area (Å²) in [6.07, 6.45) is 1.57. The standard InChI is InChI=1S/C25H33N3O3/c1-2-31-25(30)21-10-12-26(13-11-21)19-24(29)28-16-14-27(15-17-28)18-22-8-5-7-20-6-3-4-9-23(20)22/h3-9,21H,2,10-19H2,1H3. The smallest absolute Gasteiger partial charge is 0.309 e. The van der Waals surface area contributed by atoms with Crippen LogP contribution >= 0.6 is 0 Å². The molecule has 0 atom stereocenters. The maximum Gasteiger partial charge on any atom is 0.309 e. The number of nitrogens with zero attached hydrogens (tertiary/aromatic N) is 3. The zero-order chi connectivity index (χ0) is 21.6. The molecule has 6 nitrogen and oxygen atoms in total. The van der Waals surface area contributed by atoms with Crippen LogP contribution in [0.4, 0.5) is 0 Å². The number of piperidine rings is 1. The lowest BCUT2D eigenvalue weighted by atomic mass is 9.97. The van der Waals surface area contributed by atoms with Crippen molar-refractivity contribution in [1.82, 2.24) is 14.7 Å². The van der Waals surface area contributed by atoms with Crippen LogP contribution in [0.3, 0.4) is 0 Å². The van der Waals surface area contributed by atoms with Crippen molar-refractivity contribution in [1.29, 1.82) is 0 Å². The quantitative estimate of drug-likeness (QED) is 0.669. The van der Waals surface area contributed by atoms with Crippen LogP contribution in [0.5, 0.6) is 0 Å². The van der Waals surface area contributed by atoms with Crippen LogP contribution in [0.2, 0.25) is 0 Å². The van der Waals surface area contributed by atoms with Gasteiger partial charge >= 0.3 is 5.97 Å². The van der Waals surface area contributed by atoms with Crippen molar-refractivity contribution in [2.75, 3.05) is 52.4 Å². The topological polar surface area (TPSA) is 53.1 Å². The molecule has 0 N–H and O–H groups in total. The first kappa shape index (κ1) is 21.8. The number of carbonyl (C=O) groups is 2. The SMILES string of the molecule is CCOC(=O)C1CCN(CC(=O)N2CCN(Cc3cccc4ccccc34)CC2)CC1. The number of carbonyl (C=O) groups excluding carboxylic acids is 2. The van der Waals surface area contributed by atoms with E-state index in [0.29, 0.717) is 13.2 Å². The minimum atomic E-state index is -0.0872. The summed E-state index contributed by atoms with van der Waals surface area (Å²) in [5.41, 5.74) is 1.35. The van der Waals surface area contributed by atoms with Gasteiger partial charge in [-0.15, -0.1) is 0 Å². The number of fused-ring (bicyclic) bond motifs is 1. The van der Waals surface area contributed by atoms with Gasteiger partial charge in [0.1, 0.15) is 0 Å². The second kappa shape index (κ2) is 10.2. The van der Waals surface area contributed by atoms with Gasteiger partial charge in [0.25, 0.3) is 0 Å². The fourth-order valence-electron chi connectivity index (χ4n) is 4.70. The normalized spacial score (nSPS) is 18.9. The molecule has 0 saturated carbocycles. The molecule has 0 aliphatic carbocycles. The van der Waals surface area contributed by atoms with E-state index in [1.54, 1.807) is 0 Å². The van der Waals surface area contributed by atoms with Crippen molar-refractivity contribution in [3.8, 4) is 0 Å². The van der Waals surface area contributed by atoms with Crippen molar-refractivity contribution in [2.45, 2.75) is 26.3 Å². The van der Waals surface area contributed by atoms with Gasteiger partial charge in [0.2, 0.25) is 5.91 Å². The molecule has 0 bridgehead atoms. The highest BCUT2D eigenvalue weighted by atomic mass is 16.5. The lowest BCUT2D eigenvalue weighted by Crippen LogP contribution is -2.51. The minimum Gasteiger partial charge on any atom is -0.466 e. The van der Waals surface area contributed by atoms with Crippen LogP contribution < -0.4 is 0 Å². The predicted octanol–water partition coefficient (Wildman–Crippen LogP) is 2.76. The molecule has 2 aromatic carbocycles. The Bertz CT molecular complexity index is 895. The number of benzene rings is 2. The van der Waals surface area contributed by atoms with Crippen LogP contribution in [0.25, 0.3) is 10.8 Å². The van der Waals surface area contributed by atoms with Crippen LogP contribution in [0, 0.1) is 5.92 Å². The highest BCUT2D eigenvalue weighted by molar-refractivity contribution is 5.85. The number of hydrogen-bond donors (Lipinski definition) is 0. The van der Waals surface area contributed by atoms with Gasteiger partial charge in [-0.1, -0.05) is 42.5 Å². The van der Waals surface area contributed by atoms with E-state index < -0.39 is 0 Å². The second-order valence-electron chi connectivity index (χ2n) is 8.60. The number of hydrogen-bond acceptors (Lipinski definition) is 5. The lowest BCUT2D eigenvalue weighted by Gasteiger charge is -2.37. The molecule has 31 heavy (non-hydrogen) atoms. The van der Waals surface area contributed by atoms with E-state index in [9.17, 15) is 9.59 Å². The number of ether oxygens (including phenoxy) is 1. The summed E-state index contributed by atoms with van der Waals surface area (Å²) in [5, 5.41) is 2.59. The molecule has 2 aromatic rings. The number of rotatable bonds is 6. The summed E-state index contributed by atoms with van der Waals surface area (Å²) < 4.78 is 5.13. The number of amides is 1. The average molecular weight is 424 g/mol. The van der Waals surface area contributed by atoms with Gasteiger partial charge in [-0.3, -0.25) is 19.4 Å². The van der Waals surface area contributed by atoms with Crippen LogP contribution in [-0.2, 0) is 20.9 Å². The average Bonchev–Trinajstić information content (AvgIpc) is 2.80. The summed E-state index contributed by atoms with van der Waals surface area (Å²) in [4.78, 5) is 31.3. The van der Waals surface area contributed by atoms with Gasteiger partial charge in [0, 0.05) is 32.7 Å². The Labute approximate surface area is 184 Å². The maximum absolute atomic E-state index is 12.8. The third-order valence-corrected chi connectivity index (χ3v) is 6.57. The largest absolute Gasteiger partial charge is 0.466 e. The molecule has 6 heteroatoms. The Hall–Kier alpha value is -2.44. The molecule has 2 saturated heterocycles. The molecule has 4 rings (SSSR count). The van der Waals surface area contributed by atoms with Gasteiger partial charge in [0.15, 0.2) is 0 Å². The van der Waals surface area contributed by atoms with Crippen LogP contribution in [0.1, 0.15) is 25.3 Å². The first-order valence-corrected chi connectivity index (χ1v) is 11.5. The van der Waals surface area contributed by atoms with E-state index in [1.165, 1.54) is 16.3 Å². The summed E-state index contributed by atoms with van der Waals surface area (Å²) in [6, 6.07) is 15.0. The number of likely N-dealkylation sites (tertiary alicyclic amines) is 1. The molecular formula is C25H33N3O3. The van der Waals surface area contributed by atoms with Crippen molar-refractivity contribution in [3.05, 3.63) is 48.0 Å². The van der Waals surface area contributed by atoms with E-state index in [-0.39, 0.29) is 17.8 Å². The summed E-state index contributed by atoms with van der Waals surface area (Å²) in [5.74, 6) is 0.110. The van der Waals surface area contributed by atoms with Gasteiger partial charge < -0.3 is 9.64 Å². The third-order valence-electron chi connectivity index (χ3n) is 6.57. The number of piperazine rings is 1. The Morgan fingerprint density at radius 2 is 1.61 bits per heavy atom. The maximum atomic E-state index is 12.8. The molecule has 0 radical (unpaired) electrons. The number of esters is 1. The van der Waals surface area contributed by atoms with E-state index >= 15 is 0 Å². The van der Waals surface area contributed by atoms with Crippen molar-refractivity contribution in [2.24, 2.45) is 5.92 Å². The predicted molar refractivity (Wildman–Crippen MR) is 122 cm³/mol. The van der Waals surface area contributed by atoms with Gasteiger partial charge in [-0.05, 0) is 49.2 Å². The zero-order valence-corrected chi connectivity index (χ0v) is 18.5. The van der Waals surface area contributed by atoms with Gasteiger partial charge in [-0.2, -0.15) is 0 Å². The Balaban J connectivity index is 1.23. The lowest BCUT2D eigenvalue weighted by molar-refractivity contribution is -0.149. The minimum absolute atomic E-state index is 0.0103. The van der Waals surface area contributed by atoms with Gasteiger partial charge in [0.05, 0.1) is 19.1 Å². The highest BCUT2D eigenvalue weighted by Gasteiger charge is 2.28. The van der Waals surface area contributed by atoms with E-state index in [1.807, 2.05) is 11.8 Å². The Kier molecular flexibility index (Phi) is 7.20. The first-order chi connectivity index (χ1) is 15.1. The van der Waals surface area contributed by atoms with Crippen molar-refractivity contribution >= 4 is 22.6 Å². The summed E-state index contributed by atoms with van der Waals surface area (Å²) >= 11 is 0. The van der Waals surface area contributed by atoms with E-state index in [2.05, 4.69) is 52.3 Å². The summed E-state index contributed by atoms with van der Waals surface area (Å²) in [6.45, 7) is 8.60. The molecule has 166 valence electrons. The Morgan fingerprint density at radius 1 is 0.903 bits per heavy atom. The molecular weight excluding hydrogens is 390 g/mol. The van der Waals surface area contributed by atoms with E-state index in [0.717, 1.165) is 58.7 Å². The first-order valence-electron chi connectivity index (χ1n) is 11.5. The molecule has 0 spiro atoms. The molecule has 2 aliphatic heterocycles. The Morgan fingerprint density at radius 3 is 2.35 bits per heavy atom. The fraction of sp³-hybridized carbons (Fsp3) is 0.520. The molecule has 2 heterocycles. The van der Waals surface area contributed by atoms with E-state index in [4.69, 9.17) is 4.74 Å². The highest BCUT2D eigenvalue weighted by Crippen LogP contribution is 2.21. The molecule has 2 aliphatic rings. The zero-order valence-electron chi connectivity index (χ0n) is 18.5. The van der Waals surface area contributed by atoms with Crippen molar-refractivity contribution in [3.63, 3.8) is 0 Å². The molecule has 1 amide bonds. The fourth-order valence-corrected chi connectivity index (χ4v) is 4.70. The third kappa shape index (κ3) is 5.43.